The molecule has 0 fully saturated rings. The summed E-state index contributed by atoms with van der Waals surface area (Å²) in [6, 6.07) is 7.97. The normalized spacial score (nSPS) is 10.1. The third kappa shape index (κ3) is 5.21. The van der Waals surface area contributed by atoms with Crippen molar-refractivity contribution in [2.45, 2.75) is 41.0 Å². The van der Waals surface area contributed by atoms with Crippen molar-refractivity contribution < 1.29 is 4.79 Å². The van der Waals surface area contributed by atoms with Gasteiger partial charge in [-0.05, 0) is 26.3 Å². The number of aryl methyl sites for hydroxylation is 3. The number of thiazole rings is 2. The Hall–Kier alpha value is -2.05. The zero-order valence-corrected chi connectivity index (χ0v) is 16.8. The van der Waals surface area contributed by atoms with Gasteiger partial charge in [-0.15, -0.1) is 22.7 Å². The van der Waals surface area contributed by atoms with Gasteiger partial charge in [0.05, 0.1) is 27.7 Å². The van der Waals surface area contributed by atoms with E-state index < -0.39 is 0 Å². The van der Waals surface area contributed by atoms with Crippen LogP contribution in [0.4, 0.5) is 5.13 Å². The van der Waals surface area contributed by atoms with Gasteiger partial charge in [0.2, 0.25) is 5.91 Å². The Bertz CT molecular complexity index is 852. The number of hydrogen-bond donors (Lipinski definition) is 1. The average molecular weight is 374 g/mol. The third-order valence-corrected chi connectivity index (χ3v) is 5.19. The molecule has 1 aromatic carbocycles. The van der Waals surface area contributed by atoms with Crippen molar-refractivity contribution in [1.29, 1.82) is 0 Å². The molecule has 0 saturated carbocycles. The van der Waals surface area contributed by atoms with Gasteiger partial charge >= 0.3 is 0 Å². The summed E-state index contributed by atoms with van der Waals surface area (Å²) < 4.78 is 0. The smallest absolute Gasteiger partial charge is 0.230 e. The van der Waals surface area contributed by atoms with Crippen molar-refractivity contribution in [2.24, 2.45) is 0 Å². The maximum Gasteiger partial charge on any atom is 0.230 e. The van der Waals surface area contributed by atoms with Gasteiger partial charge in [-0.1, -0.05) is 43.7 Å². The monoisotopic (exact) mass is 373 g/mol. The maximum absolute atomic E-state index is 12.2. The second kappa shape index (κ2) is 8.87. The molecule has 3 aromatic rings. The molecule has 0 radical (unpaired) electrons. The van der Waals surface area contributed by atoms with Gasteiger partial charge in [-0.2, -0.15) is 0 Å². The Morgan fingerprint density at radius 1 is 1.16 bits per heavy atom. The predicted molar refractivity (Wildman–Crippen MR) is 108 cm³/mol. The van der Waals surface area contributed by atoms with Crippen LogP contribution in [-0.2, 0) is 11.2 Å². The molecular formula is C19H23N3OS2. The van der Waals surface area contributed by atoms with E-state index in [2.05, 4.69) is 15.3 Å². The lowest BCUT2D eigenvalue weighted by atomic mass is 10.1. The van der Waals surface area contributed by atoms with Crippen LogP contribution in [0.3, 0.4) is 0 Å². The minimum absolute atomic E-state index is 0.0475. The minimum Gasteiger partial charge on any atom is -0.302 e. The van der Waals surface area contributed by atoms with Gasteiger partial charge < -0.3 is 5.32 Å². The molecule has 2 aromatic heterocycles. The fraction of sp³-hybridized carbons (Fsp3) is 0.316. The van der Waals surface area contributed by atoms with E-state index in [1.807, 2.05) is 64.3 Å². The van der Waals surface area contributed by atoms with Crippen LogP contribution in [0.15, 0.2) is 29.6 Å². The summed E-state index contributed by atoms with van der Waals surface area (Å²) in [5, 5.41) is 6.49. The van der Waals surface area contributed by atoms with Crippen LogP contribution >= 0.6 is 22.7 Å². The third-order valence-electron chi connectivity index (χ3n) is 3.33. The van der Waals surface area contributed by atoms with E-state index in [0.29, 0.717) is 11.6 Å². The highest BCUT2D eigenvalue weighted by molar-refractivity contribution is 7.16. The molecule has 0 unspecified atom stereocenters. The van der Waals surface area contributed by atoms with E-state index in [0.717, 1.165) is 32.4 Å². The highest BCUT2D eigenvalue weighted by Crippen LogP contribution is 2.32. The summed E-state index contributed by atoms with van der Waals surface area (Å²) in [5.41, 5.74) is 4.02. The molecule has 25 heavy (non-hydrogen) atoms. The molecule has 2 heterocycles. The quantitative estimate of drug-likeness (QED) is 0.666. The summed E-state index contributed by atoms with van der Waals surface area (Å²) in [5.74, 6) is -0.0475. The molecule has 0 spiro atoms. The molecule has 1 N–H and O–H groups in total. The number of rotatable bonds is 4. The Labute approximate surface area is 157 Å². The van der Waals surface area contributed by atoms with Gasteiger partial charge in [0.15, 0.2) is 5.13 Å². The van der Waals surface area contributed by atoms with Crippen molar-refractivity contribution in [2.75, 3.05) is 5.32 Å². The second-order valence-electron chi connectivity index (χ2n) is 5.40. The molecule has 0 atom stereocenters. The molecule has 6 heteroatoms. The lowest BCUT2D eigenvalue weighted by Gasteiger charge is -2.03. The maximum atomic E-state index is 12.2. The number of amides is 1. The van der Waals surface area contributed by atoms with Crippen molar-refractivity contribution in [1.82, 2.24) is 9.97 Å². The Morgan fingerprint density at radius 2 is 1.92 bits per heavy atom. The van der Waals surface area contributed by atoms with Gasteiger partial charge in [-0.3, -0.25) is 4.79 Å². The van der Waals surface area contributed by atoms with Gasteiger partial charge in [0.25, 0.3) is 0 Å². The van der Waals surface area contributed by atoms with Crippen molar-refractivity contribution >= 4 is 33.7 Å². The topological polar surface area (TPSA) is 54.9 Å². The molecule has 4 nitrogen and oxygen atoms in total. The Balaban J connectivity index is 0.00000109. The number of nitrogens with zero attached hydrogens (tertiary/aromatic N) is 2. The first kappa shape index (κ1) is 19.3. The average Bonchev–Trinajstić information content (AvgIpc) is 3.15. The zero-order chi connectivity index (χ0) is 18.4. The lowest BCUT2D eigenvalue weighted by Crippen LogP contribution is -2.14. The van der Waals surface area contributed by atoms with E-state index >= 15 is 0 Å². The Morgan fingerprint density at radius 3 is 2.56 bits per heavy atom. The molecular weight excluding hydrogens is 350 g/mol. The van der Waals surface area contributed by atoms with Crippen LogP contribution in [0, 0.1) is 20.8 Å². The summed E-state index contributed by atoms with van der Waals surface area (Å²) >= 11 is 3.06. The second-order valence-corrected chi connectivity index (χ2v) is 7.46. The summed E-state index contributed by atoms with van der Waals surface area (Å²) in [6.45, 7) is 9.99. The fourth-order valence-electron chi connectivity index (χ4n) is 2.38. The van der Waals surface area contributed by atoms with E-state index in [1.54, 1.807) is 11.3 Å². The van der Waals surface area contributed by atoms with Crippen LogP contribution in [-0.4, -0.2) is 15.9 Å². The number of carbonyl (C=O) groups is 1. The number of nitrogens with one attached hydrogen (secondary N) is 1. The summed E-state index contributed by atoms with van der Waals surface area (Å²) in [6.07, 6.45) is 0.356. The predicted octanol–water partition coefficient (Wildman–Crippen LogP) is 5.40. The lowest BCUT2D eigenvalue weighted by molar-refractivity contribution is -0.115. The number of benzene rings is 1. The van der Waals surface area contributed by atoms with Crippen molar-refractivity contribution in [3.63, 3.8) is 0 Å². The first-order chi connectivity index (χ1) is 12.0. The summed E-state index contributed by atoms with van der Waals surface area (Å²) in [7, 11) is 0. The largest absolute Gasteiger partial charge is 0.302 e. The van der Waals surface area contributed by atoms with E-state index in [9.17, 15) is 4.79 Å². The standard InChI is InChI=1S/C17H17N3OS2.C2H6/c1-10-5-4-6-13(7-10)8-15(21)20-17-19-14(9-22-17)16-11(2)18-12(3)23-16;1-2/h4-7,9H,8H2,1-3H3,(H,19,20,21);1-2H3. The number of hydrogen-bond acceptors (Lipinski definition) is 5. The van der Waals surface area contributed by atoms with E-state index in [-0.39, 0.29) is 5.91 Å². The van der Waals surface area contributed by atoms with E-state index in [1.165, 1.54) is 11.3 Å². The number of anilines is 1. The van der Waals surface area contributed by atoms with Crippen LogP contribution in [0.1, 0.15) is 35.7 Å². The van der Waals surface area contributed by atoms with Gasteiger partial charge in [0.1, 0.15) is 0 Å². The SMILES string of the molecule is CC.Cc1cccc(CC(=O)Nc2nc(-c3sc(C)nc3C)cs2)c1. The fourth-order valence-corrected chi connectivity index (χ4v) is 4.05. The Kier molecular flexibility index (Phi) is 6.84. The van der Waals surface area contributed by atoms with E-state index in [4.69, 9.17) is 0 Å². The molecule has 0 aliphatic heterocycles. The highest BCUT2D eigenvalue weighted by atomic mass is 32.1. The zero-order valence-electron chi connectivity index (χ0n) is 15.2. The molecule has 0 aliphatic carbocycles. The van der Waals surface area contributed by atoms with Gasteiger partial charge in [-0.25, -0.2) is 9.97 Å². The molecule has 3 rings (SSSR count). The minimum atomic E-state index is -0.0475. The number of carbonyl (C=O) groups excluding carboxylic acids is 1. The van der Waals surface area contributed by atoms with Crippen LogP contribution in [0.5, 0.6) is 0 Å². The first-order valence-corrected chi connectivity index (χ1v) is 9.96. The molecule has 132 valence electrons. The molecule has 0 aliphatic rings. The van der Waals surface area contributed by atoms with Crippen LogP contribution in [0.25, 0.3) is 10.6 Å². The molecule has 0 saturated heterocycles. The molecule has 0 bridgehead atoms. The van der Waals surface area contributed by atoms with Crippen molar-refractivity contribution in [3.8, 4) is 10.6 Å². The van der Waals surface area contributed by atoms with Crippen LogP contribution < -0.4 is 5.32 Å². The first-order valence-electron chi connectivity index (χ1n) is 8.26. The van der Waals surface area contributed by atoms with Gasteiger partial charge in [0, 0.05) is 5.38 Å². The number of aromatic nitrogens is 2. The summed E-state index contributed by atoms with van der Waals surface area (Å²) in [4.78, 5) is 22.2. The molecule has 1 amide bonds. The van der Waals surface area contributed by atoms with Crippen LogP contribution in [0.2, 0.25) is 0 Å². The van der Waals surface area contributed by atoms with Crippen molar-refractivity contribution in [3.05, 3.63) is 51.5 Å². The highest BCUT2D eigenvalue weighted by Gasteiger charge is 2.13.